The zero-order chi connectivity index (χ0) is 19.2. The molecule has 1 rings (SSSR count). The number of likely N-dealkylation sites (tertiary alicyclic amines) is 1. The van der Waals surface area contributed by atoms with E-state index >= 15 is 0 Å². The van der Waals surface area contributed by atoms with Gasteiger partial charge in [0, 0.05) is 32.7 Å². The average Bonchev–Trinajstić information content (AvgIpc) is 2.65. The van der Waals surface area contributed by atoms with E-state index in [0.29, 0.717) is 12.6 Å². The maximum absolute atomic E-state index is 11.7. The molecule has 0 aromatic heterocycles. The highest BCUT2D eigenvalue weighted by atomic mass is 16.6. The fourth-order valence-electron chi connectivity index (χ4n) is 3.29. The van der Waals surface area contributed by atoms with Crippen LogP contribution in [0.5, 0.6) is 0 Å². The first-order chi connectivity index (χ1) is 12.6. The van der Waals surface area contributed by atoms with Crippen LogP contribution < -0.4 is 10.6 Å². The molecule has 0 atom stereocenters. The Hall–Kier alpha value is -1.50. The normalized spacial score (nSPS) is 16.0. The van der Waals surface area contributed by atoms with Gasteiger partial charge in [0.15, 0.2) is 5.96 Å². The number of piperidine rings is 1. The van der Waals surface area contributed by atoms with Crippen molar-refractivity contribution < 1.29 is 9.53 Å². The fourth-order valence-corrected chi connectivity index (χ4v) is 3.29. The Morgan fingerprint density at radius 3 is 2.35 bits per heavy atom. The highest BCUT2D eigenvalue weighted by Crippen LogP contribution is 2.11. The molecule has 0 radical (unpaired) electrons. The molecule has 1 heterocycles. The molecular weight excluding hydrogens is 330 g/mol. The molecule has 0 bridgehead atoms. The topological polar surface area (TPSA) is 69.2 Å². The van der Waals surface area contributed by atoms with Gasteiger partial charge in [0.1, 0.15) is 0 Å². The predicted octanol–water partition coefficient (Wildman–Crippen LogP) is 2.28. The van der Waals surface area contributed by atoms with E-state index in [9.17, 15) is 4.79 Å². The number of carbonyl (C=O) groups is 1. The second kappa shape index (κ2) is 13.7. The van der Waals surface area contributed by atoms with Gasteiger partial charge in [0.05, 0.1) is 6.61 Å². The molecule has 1 saturated heterocycles. The summed E-state index contributed by atoms with van der Waals surface area (Å²) in [5.41, 5.74) is 0. The second-order valence-corrected chi connectivity index (χ2v) is 6.80. The van der Waals surface area contributed by atoms with Gasteiger partial charge in [0.2, 0.25) is 0 Å². The molecule has 1 aliphatic heterocycles. The van der Waals surface area contributed by atoms with Crippen molar-refractivity contribution >= 4 is 12.1 Å². The quantitative estimate of drug-likeness (QED) is 0.351. The number of nitrogens with one attached hydrogen (secondary N) is 2. The maximum Gasteiger partial charge on any atom is 0.409 e. The number of nitrogens with zero attached hydrogens (tertiary/aromatic N) is 3. The van der Waals surface area contributed by atoms with Crippen LogP contribution in [0.15, 0.2) is 4.99 Å². The first-order valence-electron chi connectivity index (χ1n) is 10.3. The fraction of sp³-hybridized carbons (Fsp3) is 0.895. The molecule has 2 N–H and O–H groups in total. The Balaban J connectivity index is 2.24. The summed E-state index contributed by atoms with van der Waals surface area (Å²) in [4.78, 5) is 20.4. The van der Waals surface area contributed by atoms with E-state index in [1.54, 1.807) is 4.90 Å². The lowest BCUT2D eigenvalue weighted by Crippen LogP contribution is -2.50. The SMILES string of the molecule is CCCN(CCC)CCCNC(=NC)NC1CCN(C(=O)OCC)CC1. The minimum Gasteiger partial charge on any atom is -0.450 e. The first-order valence-corrected chi connectivity index (χ1v) is 10.3. The zero-order valence-electron chi connectivity index (χ0n) is 17.2. The lowest BCUT2D eigenvalue weighted by Gasteiger charge is -2.32. The Bertz CT molecular complexity index is 403. The van der Waals surface area contributed by atoms with Gasteiger partial charge >= 0.3 is 6.09 Å². The van der Waals surface area contributed by atoms with Crippen LogP contribution in [0.1, 0.15) is 52.9 Å². The van der Waals surface area contributed by atoms with E-state index in [4.69, 9.17) is 4.74 Å². The van der Waals surface area contributed by atoms with E-state index in [1.807, 2.05) is 14.0 Å². The van der Waals surface area contributed by atoms with E-state index in [2.05, 4.69) is 34.4 Å². The van der Waals surface area contributed by atoms with Crippen LogP contribution in [-0.2, 0) is 4.74 Å². The summed E-state index contributed by atoms with van der Waals surface area (Å²) in [6, 6.07) is 0.351. The Morgan fingerprint density at radius 1 is 1.15 bits per heavy atom. The highest BCUT2D eigenvalue weighted by Gasteiger charge is 2.23. The number of ether oxygens (including phenoxy) is 1. The summed E-state index contributed by atoms with van der Waals surface area (Å²) < 4.78 is 5.06. The summed E-state index contributed by atoms with van der Waals surface area (Å²) >= 11 is 0. The summed E-state index contributed by atoms with van der Waals surface area (Å²) in [5, 5.41) is 6.90. The summed E-state index contributed by atoms with van der Waals surface area (Å²) in [6.07, 6.45) is 5.17. The predicted molar refractivity (Wildman–Crippen MR) is 108 cm³/mol. The zero-order valence-corrected chi connectivity index (χ0v) is 17.2. The Labute approximate surface area is 159 Å². The molecule has 7 heteroatoms. The third kappa shape index (κ3) is 8.74. The second-order valence-electron chi connectivity index (χ2n) is 6.80. The van der Waals surface area contributed by atoms with Crippen molar-refractivity contribution in [2.45, 2.75) is 58.9 Å². The van der Waals surface area contributed by atoms with Gasteiger partial charge in [-0.3, -0.25) is 4.99 Å². The number of aliphatic imine (C=N–C) groups is 1. The number of amides is 1. The van der Waals surface area contributed by atoms with Crippen molar-refractivity contribution in [3.63, 3.8) is 0 Å². The maximum atomic E-state index is 11.7. The van der Waals surface area contributed by atoms with Crippen LogP contribution in [0.2, 0.25) is 0 Å². The van der Waals surface area contributed by atoms with E-state index in [-0.39, 0.29) is 6.09 Å². The van der Waals surface area contributed by atoms with Gasteiger partial charge in [-0.1, -0.05) is 13.8 Å². The van der Waals surface area contributed by atoms with Crippen LogP contribution in [0.4, 0.5) is 4.79 Å². The van der Waals surface area contributed by atoms with Crippen LogP contribution >= 0.6 is 0 Å². The third-order valence-corrected chi connectivity index (χ3v) is 4.61. The minimum atomic E-state index is -0.197. The van der Waals surface area contributed by atoms with Crippen molar-refractivity contribution in [3.05, 3.63) is 0 Å². The smallest absolute Gasteiger partial charge is 0.409 e. The number of rotatable bonds is 10. The first kappa shape index (κ1) is 22.5. The molecule has 1 amide bonds. The Morgan fingerprint density at radius 2 is 1.81 bits per heavy atom. The highest BCUT2D eigenvalue weighted by molar-refractivity contribution is 5.80. The Kier molecular flexibility index (Phi) is 11.9. The van der Waals surface area contributed by atoms with Crippen molar-refractivity contribution in [3.8, 4) is 0 Å². The van der Waals surface area contributed by atoms with Gasteiger partial charge in [-0.25, -0.2) is 4.79 Å². The molecule has 26 heavy (non-hydrogen) atoms. The van der Waals surface area contributed by atoms with Crippen LogP contribution in [0.3, 0.4) is 0 Å². The number of carbonyl (C=O) groups excluding carboxylic acids is 1. The lowest BCUT2D eigenvalue weighted by atomic mass is 10.1. The molecule has 152 valence electrons. The molecule has 0 aromatic carbocycles. The minimum absolute atomic E-state index is 0.197. The van der Waals surface area contributed by atoms with E-state index in [0.717, 1.165) is 51.4 Å². The van der Waals surface area contributed by atoms with Gasteiger partial charge in [-0.15, -0.1) is 0 Å². The van der Waals surface area contributed by atoms with E-state index < -0.39 is 0 Å². The van der Waals surface area contributed by atoms with Crippen molar-refractivity contribution in [2.75, 3.05) is 52.9 Å². The molecule has 0 unspecified atom stereocenters. The number of hydrogen-bond acceptors (Lipinski definition) is 4. The van der Waals surface area contributed by atoms with Gasteiger partial charge in [-0.2, -0.15) is 0 Å². The summed E-state index contributed by atoms with van der Waals surface area (Å²) in [7, 11) is 1.81. The number of guanidine groups is 1. The molecule has 0 aliphatic carbocycles. The molecule has 1 fully saturated rings. The molecule has 7 nitrogen and oxygen atoms in total. The molecule has 0 spiro atoms. The standard InChI is InChI=1S/C19H39N5O2/c1-5-12-23(13-6-2)14-8-11-21-18(20-4)22-17-9-15-24(16-10-17)19(25)26-7-3/h17H,5-16H2,1-4H3,(H2,20,21,22). The molecule has 1 aliphatic rings. The largest absolute Gasteiger partial charge is 0.450 e. The van der Waals surface area contributed by atoms with Crippen molar-refractivity contribution in [1.29, 1.82) is 0 Å². The van der Waals surface area contributed by atoms with Crippen LogP contribution in [0.25, 0.3) is 0 Å². The summed E-state index contributed by atoms with van der Waals surface area (Å²) in [6.45, 7) is 12.6. The van der Waals surface area contributed by atoms with Crippen molar-refractivity contribution in [2.24, 2.45) is 4.99 Å². The monoisotopic (exact) mass is 369 g/mol. The van der Waals surface area contributed by atoms with Crippen LogP contribution in [0, 0.1) is 0 Å². The van der Waals surface area contributed by atoms with Gasteiger partial charge in [0.25, 0.3) is 0 Å². The van der Waals surface area contributed by atoms with Crippen LogP contribution in [-0.4, -0.2) is 80.8 Å². The average molecular weight is 370 g/mol. The number of hydrogen-bond donors (Lipinski definition) is 2. The van der Waals surface area contributed by atoms with Gasteiger partial charge in [-0.05, 0) is 58.7 Å². The third-order valence-electron chi connectivity index (χ3n) is 4.61. The van der Waals surface area contributed by atoms with E-state index in [1.165, 1.54) is 25.9 Å². The van der Waals surface area contributed by atoms with Crippen molar-refractivity contribution in [1.82, 2.24) is 20.4 Å². The molecule has 0 aromatic rings. The lowest BCUT2D eigenvalue weighted by molar-refractivity contribution is 0.0963. The summed E-state index contributed by atoms with van der Waals surface area (Å²) in [5.74, 6) is 0.858. The molecular formula is C19H39N5O2. The molecule has 0 saturated carbocycles. The van der Waals surface area contributed by atoms with Gasteiger partial charge < -0.3 is 25.2 Å².